The minimum atomic E-state index is -0.460. The van der Waals surface area contributed by atoms with E-state index in [0.717, 1.165) is 0 Å². The molecule has 0 spiro atoms. The Kier molecular flexibility index (Phi) is 5.43. The van der Waals surface area contributed by atoms with Crippen molar-refractivity contribution in [1.82, 2.24) is 5.43 Å². The summed E-state index contributed by atoms with van der Waals surface area (Å²) in [5.41, 5.74) is 3.25. The van der Waals surface area contributed by atoms with Crippen LogP contribution in [0.25, 0.3) is 0 Å². The van der Waals surface area contributed by atoms with Crippen molar-refractivity contribution in [3.63, 3.8) is 0 Å². The number of nitrogens with one attached hydrogen (secondary N) is 1. The van der Waals surface area contributed by atoms with Gasteiger partial charge in [0.25, 0.3) is 5.91 Å². The molecular weight excluding hydrogens is 320 g/mol. The molecule has 2 N–H and O–H groups in total. The van der Waals surface area contributed by atoms with Gasteiger partial charge < -0.3 is 14.6 Å². The van der Waals surface area contributed by atoms with Gasteiger partial charge in [0.05, 0.1) is 26.0 Å². The first-order valence-corrected chi connectivity index (χ1v) is 6.97. The highest BCUT2D eigenvalue weighted by atomic mass is 35.5. The molecule has 0 aliphatic rings. The fraction of sp³-hybridized carbons (Fsp3) is 0.125. The maximum atomic E-state index is 12.1. The van der Waals surface area contributed by atoms with Gasteiger partial charge in [-0.15, -0.1) is 0 Å². The maximum absolute atomic E-state index is 12.1. The van der Waals surface area contributed by atoms with Crippen LogP contribution in [0.1, 0.15) is 15.9 Å². The third kappa shape index (κ3) is 4.14. The number of nitrogens with zero attached hydrogens (tertiary/aromatic N) is 1. The normalized spacial score (nSPS) is 10.6. The number of phenolic OH excluding ortho intramolecular Hbond substituents is 1. The summed E-state index contributed by atoms with van der Waals surface area (Å²) in [4.78, 5) is 12.1. The van der Waals surface area contributed by atoms with Crippen molar-refractivity contribution in [3.05, 3.63) is 52.5 Å². The summed E-state index contributed by atoms with van der Waals surface area (Å²) in [5.74, 6) is 0.275. The molecule has 0 atom stereocenters. The number of halogens is 1. The third-order valence-corrected chi connectivity index (χ3v) is 3.22. The smallest absolute Gasteiger partial charge is 0.275 e. The molecule has 0 aromatic heterocycles. The molecule has 2 rings (SSSR count). The van der Waals surface area contributed by atoms with E-state index in [2.05, 4.69) is 10.5 Å². The predicted octanol–water partition coefficient (Wildman–Crippen LogP) is 2.83. The molecule has 6 nitrogen and oxygen atoms in total. The molecule has 2 aromatic carbocycles. The summed E-state index contributed by atoms with van der Waals surface area (Å²) in [6.07, 6.45) is 1.40. The number of benzene rings is 2. The molecule has 0 unspecified atom stereocenters. The Bertz CT molecular complexity index is 747. The summed E-state index contributed by atoms with van der Waals surface area (Å²) >= 11 is 5.88. The van der Waals surface area contributed by atoms with Crippen LogP contribution in [0.5, 0.6) is 17.2 Å². The molecule has 0 saturated heterocycles. The number of ether oxygens (including phenoxy) is 2. The van der Waals surface area contributed by atoms with Gasteiger partial charge in [0.1, 0.15) is 5.75 Å². The number of carbonyl (C=O) groups excluding carboxylic acids is 1. The van der Waals surface area contributed by atoms with E-state index in [-0.39, 0.29) is 11.3 Å². The van der Waals surface area contributed by atoms with Gasteiger partial charge in [-0.3, -0.25) is 4.79 Å². The number of hydrogen-bond donors (Lipinski definition) is 2. The largest absolute Gasteiger partial charge is 0.504 e. The molecule has 1 amide bonds. The van der Waals surface area contributed by atoms with E-state index >= 15 is 0 Å². The quantitative estimate of drug-likeness (QED) is 0.651. The first-order chi connectivity index (χ1) is 11.0. The Labute approximate surface area is 138 Å². The number of phenols is 1. The van der Waals surface area contributed by atoms with Crippen molar-refractivity contribution in [2.75, 3.05) is 14.2 Å². The second kappa shape index (κ2) is 7.51. The van der Waals surface area contributed by atoms with Crippen molar-refractivity contribution >= 4 is 23.7 Å². The van der Waals surface area contributed by atoms with E-state index in [1.54, 1.807) is 24.3 Å². The molecule has 0 saturated carbocycles. The van der Waals surface area contributed by atoms with Crippen LogP contribution in [0.4, 0.5) is 0 Å². The van der Waals surface area contributed by atoms with E-state index in [0.29, 0.717) is 22.1 Å². The topological polar surface area (TPSA) is 80.2 Å². The zero-order valence-corrected chi connectivity index (χ0v) is 13.3. The van der Waals surface area contributed by atoms with Crippen molar-refractivity contribution in [1.29, 1.82) is 0 Å². The average Bonchev–Trinajstić information content (AvgIpc) is 2.55. The number of hydrazone groups is 1. The van der Waals surface area contributed by atoms with Gasteiger partial charge in [0.2, 0.25) is 0 Å². The van der Waals surface area contributed by atoms with Crippen molar-refractivity contribution < 1.29 is 19.4 Å². The van der Waals surface area contributed by atoms with E-state index in [9.17, 15) is 9.90 Å². The SMILES string of the molecule is COc1ccc(C=NNC(=O)c2cc(Cl)ccc2OC)cc1O. The molecular formula is C16H15ClN2O4. The Balaban J connectivity index is 2.10. The predicted molar refractivity (Wildman–Crippen MR) is 87.7 cm³/mol. The highest BCUT2D eigenvalue weighted by Crippen LogP contribution is 2.25. The fourth-order valence-electron chi connectivity index (χ4n) is 1.87. The molecule has 7 heteroatoms. The van der Waals surface area contributed by atoms with Gasteiger partial charge in [-0.05, 0) is 42.0 Å². The molecule has 0 fully saturated rings. The molecule has 0 radical (unpaired) electrons. The number of methoxy groups -OCH3 is 2. The standard InChI is InChI=1S/C16H15ClN2O4/c1-22-14-6-4-11(17)8-12(14)16(21)19-18-9-10-3-5-15(23-2)13(20)7-10/h3-9,20H,1-2H3,(H,19,21). The van der Waals surface area contributed by atoms with Crippen LogP contribution in [0.3, 0.4) is 0 Å². The fourth-order valence-corrected chi connectivity index (χ4v) is 2.04. The lowest BCUT2D eigenvalue weighted by molar-refractivity contribution is 0.0952. The lowest BCUT2D eigenvalue weighted by atomic mass is 10.2. The van der Waals surface area contributed by atoms with Gasteiger partial charge in [0, 0.05) is 5.02 Å². The highest BCUT2D eigenvalue weighted by Gasteiger charge is 2.12. The van der Waals surface area contributed by atoms with Crippen LogP contribution < -0.4 is 14.9 Å². The van der Waals surface area contributed by atoms with E-state index in [4.69, 9.17) is 21.1 Å². The zero-order chi connectivity index (χ0) is 16.8. The molecule has 23 heavy (non-hydrogen) atoms. The first-order valence-electron chi connectivity index (χ1n) is 6.59. The summed E-state index contributed by atoms with van der Waals surface area (Å²) in [6.45, 7) is 0. The molecule has 0 bridgehead atoms. The second-order valence-corrected chi connectivity index (χ2v) is 4.91. The van der Waals surface area contributed by atoms with Crippen LogP contribution in [0.15, 0.2) is 41.5 Å². The summed E-state index contributed by atoms with van der Waals surface area (Å²) in [6, 6.07) is 9.47. The minimum absolute atomic E-state index is 0.0145. The van der Waals surface area contributed by atoms with E-state index in [1.807, 2.05) is 0 Å². The van der Waals surface area contributed by atoms with E-state index in [1.165, 1.54) is 32.6 Å². The second-order valence-electron chi connectivity index (χ2n) is 4.48. The van der Waals surface area contributed by atoms with Crippen LogP contribution in [-0.4, -0.2) is 31.4 Å². The van der Waals surface area contributed by atoms with Gasteiger partial charge in [0.15, 0.2) is 11.5 Å². The Morgan fingerprint density at radius 2 is 1.87 bits per heavy atom. The minimum Gasteiger partial charge on any atom is -0.504 e. The Morgan fingerprint density at radius 3 is 2.52 bits per heavy atom. The van der Waals surface area contributed by atoms with Crippen LogP contribution in [0.2, 0.25) is 5.02 Å². The number of carbonyl (C=O) groups is 1. The molecule has 0 aliphatic carbocycles. The van der Waals surface area contributed by atoms with Crippen molar-refractivity contribution in [2.24, 2.45) is 5.10 Å². The Morgan fingerprint density at radius 1 is 1.17 bits per heavy atom. The Hall–Kier alpha value is -2.73. The van der Waals surface area contributed by atoms with Gasteiger partial charge in [-0.2, -0.15) is 5.10 Å². The number of aromatic hydroxyl groups is 1. The lowest BCUT2D eigenvalue weighted by Crippen LogP contribution is -2.18. The average molecular weight is 335 g/mol. The van der Waals surface area contributed by atoms with Crippen LogP contribution >= 0.6 is 11.6 Å². The molecule has 0 heterocycles. The molecule has 2 aromatic rings. The summed E-state index contributed by atoms with van der Waals surface area (Å²) < 4.78 is 10.1. The van der Waals surface area contributed by atoms with Crippen molar-refractivity contribution in [3.8, 4) is 17.2 Å². The van der Waals surface area contributed by atoms with Crippen molar-refractivity contribution in [2.45, 2.75) is 0 Å². The third-order valence-electron chi connectivity index (χ3n) is 2.99. The summed E-state index contributed by atoms with van der Waals surface area (Å²) in [5, 5.41) is 13.9. The zero-order valence-electron chi connectivity index (χ0n) is 12.5. The first kappa shape index (κ1) is 16.6. The number of amides is 1. The van der Waals surface area contributed by atoms with Crippen LogP contribution in [0, 0.1) is 0 Å². The monoisotopic (exact) mass is 334 g/mol. The van der Waals surface area contributed by atoms with Gasteiger partial charge in [-0.1, -0.05) is 11.6 Å². The van der Waals surface area contributed by atoms with Crippen LogP contribution in [-0.2, 0) is 0 Å². The number of rotatable bonds is 5. The highest BCUT2D eigenvalue weighted by molar-refractivity contribution is 6.31. The molecule has 0 aliphatic heterocycles. The number of hydrogen-bond acceptors (Lipinski definition) is 5. The van der Waals surface area contributed by atoms with E-state index < -0.39 is 5.91 Å². The van der Waals surface area contributed by atoms with Gasteiger partial charge >= 0.3 is 0 Å². The van der Waals surface area contributed by atoms with Gasteiger partial charge in [-0.25, -0.2) is 5.43 Å². The lowest BCUT2D eigenvalue weighted by Gasteiger charge is -2.07. The molecule has 120 valence electrons. The summed E-state index contributed by atoms with van der Waals surface area (Å²) in [7, 11) is 2.92. The maximum Gasteiger partial charge on any atom is 0.275 e.